The van der Waals surface area contributed by atoms with Gasteiger partial charge in [-0.05, 0) is 18.9 Å². The lowest BCUT2D eigenvalue weighted by Gasteiger charge is -2.36. The first kappa shape index (κ1) is 17.9. The van der Waals surface area contributed by atoms with Gasteiger partial charge in [-0.2, -0.15) is 13.2 Å². The minimum absolute atomic E-state index is 0.0963. The molecule has 2 rings (SSSR count). The van der Waals surface area contributed by atoms with E-state index in [0.29, 0.717) is 12.8 Å². The molecule has 0 atom stereocenters. The molecule has 2 heterocycles. The fourth-order valence-corrected chi connectivity index (χ4v) is 4.08. The molecule has 0 radical (unpaired) electrons. The van der Waals surface area contributed by atoms with Gasteiger partial charge in [0.2, 0.25) is 10.0 Å². The molecule has 130 valence electrons. The highest BCUT2D eigenvalue weighted by molar-refractivity contribution is 7.89. The smallest absolute Gasteiger partial charge is 0.356 e. The number of rotatable bonds is 5. The van der Waals surface area contributed by atoms with E-state index in [1.54, 1.807) is 12.3 Å². The number of hydrogen-bond acceptors (Lipinski definition) is 5. The molecule has 1 aliphatic rings. The third-order valence-electron chi connectivity index (χ3n) is 3.94. The number of alkyl halides is 3. The fourth-order valence-electron chi connectivity index (χ4n) is 2.56. The van der Waals surface area contributed by atoms with Crippen molar-refractivity contribution in [1.82, 2.24) is 14.3 Å². The van der Waals surface area contributed by atoms with Crippen LogP contribution in [0.15, 0.2) is 18.6 Å². The van der Waals surface area contributed by atoms with Crippen LogP contribution in [-0.4, -0.2) is 60.8 Å². The minimum atomic E-state index is -4.46. The lowest BCUT2D eigenvalue weighted by molar-refractivity contribution is -0.130. The number of hydrogen-bond donors (Lipinski definition) is 0. The number of anilines is 1. The predicted octanol–water partition coefficient (Wildman–Crippen LogP) is 1.66. The van der Waals surface area contributed by atoms with Gasteiger partial charge in [0.15, 0.2) is 0 Å². The molecule has 6 nitrogen and oxygen atoms in total. The summed E-state index contributed by atoms with van der Waals surface area (Å²) >= 11 is 0. The second-order valence-electron chi connectivity index (χ2n) is 5.49. The maximum Gasteiger partial charge on any atom is 0.390 e. The summed E-state index contributed by atoms with van der Waals surface area (Å²) in [6, 6.07) is 1.85. The summed E-state index contributed by atoms with van der Waals surface area (Å²) in [5, 5.41) is 0. The van der Waals surface area contributed by atoms with Gasteiger partial charge in [0.05, 0.1) is 12.2 Å². The molecule has 0 saturated carbocycles. The third kappa shape index (κ3) is 5.03. The molecule has 1 aliphatic heterocycles. The van der Waals surface area contributed by atoms with E-state index in [2.05, 4.69) is 9.97 Å². The lowest BCUT2D eigenvalue weighted by atomic mass is 10.1. The van der Waals surface area contributed by atoms with Gasteiger partial charge in [0, 0.05) is 32.4 Å². The standard InChI is InChI=1S/C13H19F3N4O2S/c1-19(12-2-6-17-10-18-12)11-3-7-20(8-4-11)23(21,22)9-5-13(14,15)16/h2,6,10-11H,3-5,7-9H2,1H3. The van der Waals surface area contributed by atoms with E-state index < -0.39 is 28.4 Å². The Morgan fingerprint density at radius 3 is 2.52 bits per heavy atom. The summed E-state index contributed by atoms with van der Waals surface area (Å²) in [6.45, 7) is 0.445. The molecule has 0 unspecified atom stereocenters. The highest BCUT2D eigenvalue weighted by atomic mass is 32.2. The van der Waals surface area contributed by atoms with Gasteiger partial charge in [0.25, 0.3) is 0 Å². The molecular formula is C13H19F3N4O2S. The summed E-state index contributed by atoms with van der Waals surface area (Å²) in [5.74, 6) is -0.151. The lowest BCUT2D eigenvalue weighted by Crippen LogP contribution is -2.46. The van der Waals surface area contributed by atoms with E-state index in [1.807, 2.05) is 11.9 Å². The van der Waals surface area contributed by atoms with Crippen LogP contribution < -0.4 is 4.90 Å². The van der Waals surface area contributed by atoms with Crippen LogP contribution in [0.3, 0.4) is 0 Å². The van der Waals surface area contributed by atoms with Crippen molar-refractivity contribution in [2.45, 2.75) is 31.5 Å². The molecule has 0 amide bonds. The zero-order valence-electron chi connectivity index (χ0n) is 12.7. The first-order valence-corrected chi connectivity index (χ1v) is 8.83. The minimum Gasteiger partial charge on any atom is -0.356 e. The summed E-state index contributed by atoms with van der Waals surface area (Å²) in [7, 11) is -2.00. The fraction of sp³-hybridized carbons (Fsp3) is 0.692. The zero-order valence-corrected chi connectivity index (χ0v) is 13.5. The van der Waals surface area contributed by atoms with Crippen LogP contribution in [-0.2, 0) is 10.0 Å². The first-order chi connectivity index (χ1) is 10.7. The molecule has 1 aromatic rings. The topological polar surface area (TPSA) is 66.4 Å². The van der Waals surface area contributed by atoms with E-state index >= 15 is 0 Å². The van der Waals surface area contributed by atoms with Crippen molar-refractivity contribution in [3.8, 4) is 0 Å². The van der Waals surface area contributed by atoms with Crippen LogP contribution in [0.5, 0.6) is 0 Å². The number of sulfonamides is 1. The van der Waals surface area contributed by atoms with E-state index in [0.717, 1.165) is 10.1 Å². The van der Waals surface area contributed by atoms with Gasteiger partial charge >= 0.3 is 6.18 Å². The number of nitrogens with zero attached hydrogens (tertiary/aromatic N) is 4. The molecule has 0 N–H and O–H groups in total. The summed E-state index contributed by atoms with van der Waals surface area (Å²) in [6.07, 6.45) is -1.62. The Labute approximate surface area is 133 Å². The largest absolute Gasteiger partial charge is 0.390 e. The second-order valence-corrected chi connectivity index (χ2v) is 7.58. The number of piperidine rings is 1. The van der Waals surface area contributed by atoms with Crippen molar-refractivity contribution in [2.75, 3.05) is 30.8 Å². The van der Waals surface area contributed by atoms with Crippen LogP contribution in [0.25, 0.3) is 0 Å². The van der Waals surface area contributed by atoms with Crippen molar-refractivity contribution in [3.05, 3.63) is 18.6 Å². The Morgan fingerprint density at radius 1 is 1.35 bits per heavy atom. The van der Waals surface area contributed by atoms with Crippen molar-refractivity contribution in [1.29, 1.82) is 0 Å². The van der Waals surface area contributed by atoms with Crippen molar-refractivity contribution in [3.63, 3.8) is 0 Å². The second kappa shape index (κ2) is 7.00. The Balaban J connectivity index is 1.90. The summed E-state index contributed by atoms with van der Waals surface area (Å²) in [5.41, 5.74) is 0. The van der Waals surface area contributed by atoms with Gasteiger partial charge in [-0.25, -0.2) is 22.7 Å². The molecule has 0 spiro atoms. The van der Waals surface area contributed by atoms with Gasteiger partial charge in [0.1, 0.15) is 12.1 Å². The Bertz CT molecular complexity index is 601. The van der Waals surface area contributed by atoms with E-state index in [1.165, 1.54) is 6.33 Å². The average Bonchev–Trinajstić information content (AvgIpc) is 2.53. The monoisotopic (exact) mass is 352 g/mol. The van der Waals surface area contributed by atoms with E-state index in [9.17, 15) is 21.6 Å². The van der Waals surface area contributed by atoms with Crippen molar-refractivity contribution < 1.29 is 21.6 Å². The maximum atomic E-state index is 12.2. The molecule has 0 aliphatic carbocycles. The molecular weight excluding hydrogens is 333 g/mol. The highest BCUT2D eigenvalue weighted by Gasteiger charge is 2.34. The van der Waals surface area contributed by atoms with Gasteiger partial charge in [-0.1, -0.05) is 0 Å². The highest BCUT2D eigenvalue weighted by Crippen LogP contribution is 2.24. The zero-order chi connectivity index (χ0) is 17.1. The van der Waals surface area contributed by atoms with Gasteiger partial charge in [-0.15, -0.1) is 0 Å². The SMILES string of the molecule is CN(c1ccncn1)C1CCN(S(=O)(=O)CCC(F)(F)F)CC1. The number of halogens is 3. The van der Waals surface area contributed by atoms with Gasteiger partial charge in [-0.3, -0.25) is 0 Å². The van der Waals surface area contributed by atoms with Crippen LogP contribution in [0.1, 0.15) is 19.3 Å². The number of aromatic nitrogens is 2. The van der Waals surface area contributed by atoms with Crippen LogP contribution in [0.2, 0.25) is 0 Å². The molecule has 10 heteroatoms. The predicted molar refractivity (Wildman–Crippen MR) is 79.5 cm³/mol. The Kier molecular flexibility index (Phi) is 5.45. The van der Waals surface area contributed by atoms with Crippen molar-refractivity contribution in [2.24, 2.45) is 0 Å². The Morgan fingerprint density at radius 2 is 2.00 bits per heavy atom. The van der Waals surface area contributed by atoms with Crippen LogP contribution in [0.4, 0.5) is 19.0 Å². The quantitative estimate of drug-likeness (QED) is 0.806. The molecule has 1 saturated heterocycles. The van der Waals surface area contributed by atoms with Crippen LogP contribution >= 0.6 is 0 Å². The maximum absolute atomic E-state index is 12.2. The summed E-state index contributed by atoms with van der Waals surface area (Å²) in [4.78, 5) is 9.92. The molecule has 23 heavy (non-hydrogen) atoms. The third-order valence-corrected chi connectivity index (χ3v) is 5.81. The van der Waals surface area contributed by atoms with Crippen molar-refractivity contribution >= 4 is 15.8 Å². The average molecular weight is 352 g/mol. The molecule has 1 fully saturated rings. The van der Waals surface area contributed by atoms with E-state index in [-0.39, 0.29) is 19.1 Å². The molecule has 1 aromatic heterocycles. The van der Waals surface area contributed by atoms with Crippen LogP contribution in [0, 0.1) is 0 Å². The van der Waals surface area contributed by atoms with E-state index in [4.69, 9.17) is 0 Å². The Hall–Kier alpha value is -1.42. The first-order valence-electron chi connectivity index (χ1n) is 7.22. The molecule has 0 bridgehead atoms. The molecule has 0 aromatic carbocycles. The summed E-state index contributed by atoms with van der Waals surface area (Å²) < 4.78 is 61.7. The van der Waals surface area contributed by atoms with Gasteiger partial charge < -0.3 is 4.90 Å². The normalized spacial score (nSPS) is 18.1.